The van der Waals surface area contributed by atoms with E-state index in [1.807, 2.05) is 42.5 Å². The predicted octanol–water partition coefficient (Wildman–Crippen LogP) is 7.69. The summed E-state index contributed by atoms with van der Waals surface area (Å²) < 4.78 is 0. The molecule has 0 spiro atoms. The third-order valence-corrected chi connectivity index (χ3v) is 4.42. The molecule has 28 heavy (non-hydrogen) atoms. The zero-order chi connectivity index (χ0) is 19.3. The van der Waals surface area contributed by atoms with Gasteiger partial charge in [0.25, 0.3) is 0 Å². The van der Waals surface area contributed by atoms with Crippen LogP contribution >= 0.6 is 0 Å². The summed E-state index contributed by atoms with van der Waals surface area (Å²) in [6.07, 6.45) is 18.5. The summed E-state index contributed by atoms with van der Waals surface area (Å²) in [5.41, 5.74) is 3.74. The van der Waals surface area contributed by atoms with Gasteiger partial charge in [0.15, 0.2) is 0 Å². The Morgan fingerprint density at radius 2 is 1.00 bits per heavy atom. The summed E-state index contributed by atoms with van der Waals surface area (Å²) in [5.74, 6) is 0.570. The van der Waals surface area contributed by atoms with E-state index in [9.17, 15) is 0 Å². The molecular formula is C28H26. The van der Waals surface area contributed by atoms with Crippen LogP contribution in [-0.2, 0) is 0 Å². The summed E-state index contributed by atoms with van der Waals surface area (Å²) in [4.78, 5) is 0. The van der Waals surface area contributed by atoms with Crippen molar-refractivity contribution in [3.8, 4) is 0 Å². The van der Waals surface area contributed by atoms with Gasteiger partial charge in [-0.3, -0.25) is 0 Å². The van der Waals surface area contributed by atoms with Crippen LogP contribution in [0.15, 0.2) is 121 Å². The van der Waals surface area contributed by atoms with E-state index < -0.39 is 0 Å². The van der Waals surface area contributed by atoms with Crippen molar-refractivity contribution in [2.75, 3.05) is 0 Å². The molecule has 3 aromatic rings. The van der Waals surface area contributed by atoms with Crippen molar-refractivity contribution in [2.24, 2.45) is 5.92 Å². The molecule has 0 aliphatic heterocycles. The second kappa shape index (κ2) is 11.4. The van der Waals surface area contributed by atoms with E-state index in [-0.39, 0.29) is 0 Å². The molecule has 0 saturated heterocycles. The molecule has 1 aliphatic carbocycles. The van der Waals surface area contributed by atoms with Crippen molar-refractivity contribution in [2.45, 2.75) is 6.42 Å². The Morgan fingerprint density at radius 3 is 1.43 bits per heavy atom. The minimum absolute atomic E-state index is 0.570. The first-order chi connectivity index (χ1) is 13.9. The molecule has 0 heterocycles. The van der Waals surface area contributed by atoms with E-state index in [1.165, 1.54) is 16.7 Å². The Bertz CT molecular complexity index is 872. The number of benzene rings is 3. The second-order valence-corrected chi connectivity index (χ2v) is 6.64. The molecule has 0 aromatic heterocycles. The molecule has 1 unspecified atom stereocenters. The maximum absolute atomic E-state index is 2.26. The van der Waals surface area contributed by atoms with Crippen LogP contribution in [0.5, 0.6) is 0 Å². The molecule has 0 N–H and O–H groups in total. The molecule has 138 valence electrons. The molecule has 4 rings (SSSR count). The van der Waals surface area contributed by atoms with Crippen molar-refractivity contribution in [1.82, 2.24) is 0 Å². The Balaban J connectivity index is 0.000000161. The topological polar surface area (TPSA) is 0 Å². The number of allylic oxidation sites excluding steroid dienone is 5. The van der Waals surface area contributed by atoms with Crippen molar-refractivity contribution in [1.29, 1.82) is 0 Å². The monoisotopic (exact) mass is 362 g/mol. The number of rotatable bonds is 4. The van der Waals surface area contributed by atoms with Gasteiger partial charge in [-0.25, -0.2) is 0 Å². The number of hydrogen-bond donors (Lipinski definition) is 0. The van der Waals surface area contributed by atoms with Gasteiger partial charge in [0, 0.05) is 0 Å². The Labute approximate surface area is 168 Å². The lowest BCUT2D eigenvalue weighted by atomic mass is 9.99. The molecule has 0 nitrogen and oxygen atoms in total. The van der Waals surface area contributed by atoms with Crippen molar-refractivity contribution in [3.63, 3.8) is 0 Å². The molecule has 1 aliphatic rings. The van der Waals surface area contributed by atoms with Crippen LogP contribution < -0.4 is 0 Å². The highest BCUT2D eigenvalue weighted by Crippen LogP contribution is 2.14. The SMILES string of the molecule is C(=Cc1ccccc1)c1ccccc1.C1=CCC(C=Cc2ccccc2)C=C1. The third kappa shape index (κ3) is 7.09. The third-order valence-electron chi connectivity index (χ3n) is 4.42. The first-order valence-corrected chi connectivity index (χ1v) is 9.75. The molecule has 0 amide bonds. The quantitative estimate of drug-likeness (QED) is 0.417. The van der Waals surface area contributed by atoms with E-state index in [4.69, 9.17) is 0 Å². The van der Waals surface area contributed by atoms with Gasteiger partial charge in [0.2, 0.25) is 0 Å². The fraction of sp³-hybridized carbons (Fsp3) is 0.0714. The van der Waals surface area contributed by atoms with Crippen LogP contribution in [0.3, 0.4) is 0 Å². The molecule has 0 heteroatoms. The molecule has 3 aromatic carbocycles. The van der Waals surface area contributed by atoms with Crippen molar-refractivity contribution in [3.05, 3.63) is 138 Å². The molecule has 0 bridgehead atoms. The first-order valence-electron chi connectivity index (χ1n) is 9.75. The van der Waals surface area contributed by atoms with Gasteiger partial charge >= 0.3 is 0 Å². The molecule has 0 saturated carbocycles. The predicted molar refractivity (Wildman–Crippen MR) is 124 cm³/mol. The Kier molecular flexibility index (Phi) is 7.86. The summed E-state index contributed by atoms with van der Waals surface area (Å²) >= 11 is 0. The fourth-order valence-corrected chi connectivity index (χ4v) is 2.86. The van der Waals surface area contributed by atoms with Crippen LogP contribution in [0.4, 0.5) is 0 Å². The van der Waals surface area contributed by atoms with E-state index >= 15 is 0 Å². The normalized spacial score (nSPS) is 15.5. The van der Waals surface area contributed by atoms with Gasteiger partial charge in [-0.1, -0.05) is 140 Å². The van der Waals surface area contributed by atoms with Gasteiger partial charge in [-0.15, -0.1) is 0 Å². The zero-order valence-electron chi connectivity index (χ0n) is 16.1. The minimum atomic E-state index is 0.570. The lowest BCUT2D eigenvalue weighted by Crippen LogP contribution is -1.91. The second-order valence-electron chi connectivity index (χ2n) is 6.64. The lowest BCUT2D eigenvalue weighted by Gasteiger charge is -2.06. The molecular weight excluding hydrogens is 336 g/mol. The van der Waals surface area contributed by atoms with Crippen molar-refractivity contribution < 1.29 is 0 Å². The largest absolute Gasteiger partial charge is 0.0837 e. The van der Waals surface area contributed by atoms with Gasteiger partial charge in [-0.2, -0.15) is 0 Å². The standard InChI is InChI=1S/C14H14.C14H12/c2*1-3-7-13(8-4-1)11-12-14-9-5-2-6-10-14/h1-9,11-12,14H,10H2;1-12H. The van der Waals surface area contributed by atoms with E-state index in [0.717, 1.165) is 6.42 Å². The molecule has 0 radical (unpaired) electrons. The molecule has 0 fully saturated rings. The van der Waals surface area contributed by atoms with E-state index in [1.54, 1.807) is 0 Å². The maximum atomic E-state index is 2.26. The van der Waals surface area contributed by atoms with Crippen molar-refractivity contribution >= 4 is 18.2 Å². The van der Waals surface area contributed by atoms with Crippen LogP contribution in [0.2, 0.25) is 0 Å². The van der Waals surface area contributed by atoms with Gasteiger partial charge in [0.1, 0.15) is 0 Å². The molecule has 1 atom stereocenters. The minimum Gasteiger partial charge on any atom is -0.0837 e. The summed E-state index contributed by atoms with van der Waals surface area (Å²) in [6.45, 7) is 0. The van der Waals surface area contributed by atoms with Crippen LogP contribution in [-0.4, -0.2) is 0 Å². The summed E-state index contributed by atoms with van der Waals surface area (Å²) in [5, 5.41) is 0. The van der Waals surface area contributed by atoms with E-state index in [2.05, 4.69) is 97.1 Å². The Morgan fingerprint density at radius 1 is 0.536 bits per heavy atom. The van der Waals surface area contributed by atoms with Crippen LogP contribution in [0.1, 0.15) is 23.1 Å². The summed E-state index contributed by atoms with van der Waals surface area (Å²) in [6, 6.07) is 31.0. The van der Waals surface area contributed by atoms with Crippen LogP contribution in [0.25, 0.3) is 18.2 Å². The smallest absolute Gasteiger partial charge is 0.00124 e. The number of hydrogen-bond acceptors (Lipinski definition) is 0. The highest BCUT2D eigenvalue weighted by molar-refractivity contribution is 5.69. The average Bonchev–Trinajstić information content (AvgIpc) is 2.80. The fourth-order valence-electron chi connectivity index (χ4n) is 2.86. The van der Waals surface area contributed by atoms with Crippen LogP contribution in [0, 0.1) is 5.92 Å². The van der Waals surface area contributed by atoms with Gasteiger partial charge in [0.05, 0.1) is 0 Å². The Hall–Kier alpha value is -3.38. The van der Waals surface area contributed by atoms with Gasteiger partial charge in [-0.05, 0) is 29.0 Å². The summed E-state index contributed by atoms with van der Waals surface area (Å²) in [7, 11) is 0. The highest BCUT2D eigenvalue weighted by atomic mass is 14.0. The first kappa shape index (κ1) is 19.4. The van der Waals surface area contributed by atoms with E-state index in [0.29, 0.717) is 5.92 Å². The average molecular weight is 363 g/mol. The maximum Gasteiger partial charge on any atom is -0.00124 e. The van der Waals surface area contributed by atoms with Gasteiger partial charge < -0.3 is 0 Å². The zero-order valence-corrected chi connectivity index (χ0v) is 16.1. The lowest BCUT2D eigenvalue weighted by molar-refractivity contribution is 0.826. The highest BCUT2D eigenvalue weighted by Gasteiger charge is 1.98.